The van der Waals surface area contributed by atoms with E-state index in [0.29, 0.717) is 45.2 Å². The van der Waals surface area contributed by atoms with Gasteiger partial charge in [0.05, 0.1) is 22.4 Å². The molecule has 6 aromatic rings. The molecule has 1 aliphatic heterocycles. The lowest BCUT2D eigenvalue weighted by Crippen LogP contribution is -2.22. The molecular weight excluding hydrogens is 508 g/mol. The lowest BCUT2D eigenvalue weighted by molar-refractivity contribution is 0.422. The quantitative estimate of drug-likeness (QED) is 0.261. The summed E-state index contributed by atoms with van der Waals surface area (Å²) < 4.78 is 14.6. The summed E-state index contributed by atoms with van der Waals surface area (Å²) in [5.41, 5.74) is 3.40. The summed E-state index contributed by atoms with van der Waals surface area (Å²) in [6, 6.07) is 24.9. The molecule has 1 unspecified atom stereocenters. The van der Waals surface area contributed by atoms with E-state index in [4.69, 9.17) is 14.1 Å². The van der Waals surface area contributed by atoms with E-state index in [1.807, 2.05) is 72.8 Å². The Bertz CT molecular complexity index is 1830. The largest absolute Gasteiger partial charge is 0.437 e. The van der Waals surface area contributed by atoms with Gasteiger partial charge in [-0.3, -0.25) is 0 Å². The molecule has 0 fully saturated rings. The van der Waals surface area contributed by atoms with Gasteiger partial charge in [0, 0.05) is 10.0 Å². The Morgan fingerprint density at radius 1 is 0.914 bits per heavy atom. The summed E-state index contributed by atoms with van der Waals surface area (Å²) in [6.07, 6.45) is 1.59. The molecule has 35 heavy (non-hydrogen) atoms. The minimum atomic E-state index is -0.517. The maximum atomic E-state index is 13.4. The Morgan fingerprint density at radius 3 is 2.60 bits per heavy atom. The summed E-state index contributed by atoms with van der Waals surface area (Å²) in [6.45, 7) is 0. The van der Waals surface area contributed by atoms with Gasteiger partial charge in [0.25, 0.3) is 0 Å². The van der Waals surface area contributed by atoms with Crippen molar-refractivity contribution in [3.8, 4) is 23.0 Å². The molecule has 168 valence electrons. The molecule has 3 aromatic heterocycles. The van der Waals surface area contributed by atoms with E-state index >= 15 is 0 Å². The summed E-state index contributed by atoms with van der Waals surface area (Å²) in [7, 11) is 0. The van der Waals surface area contributed by atoms with Crippen molar-refractivity contribution in [2.75, 3.05) is 0 Å². The highest BCUT2D eigenvalue weighted by molar-refractivity contribution is 9.10. The number of hydrogen-bond acceptors (Lipinski definition) is 6. The van der Waals surface area contributed by atoms with Crippen LogP contribution in [0, 0.1) is 0 Å². The third-order valence-electron chi connectivity index (χ3n) is 6.18. The van der Waals surface area contributed by atoms with Gasteiger partial charge in [0.1, 0.15) is 11.9 Å². The smallest absolute Gasteiger partial charge is 0.344 e. The van der Waals surface area contributed by atoms with Crippen molar-refractivity contribution in [1.29, 1.82) is 0 Å². The van der Waals surface area contributed by atoms with Crippen molar-refractivity contribution in [3.63, 3.8) is 0 Å². The lowest BCUT2D eigenvalue weighted by Gasteiger charge is -2.27. The van der Waals surface area contributed by atoms with E-state index in [1.54, 1.807) is 16.9 Å². The van der Waals surface area contributed by atoms with Crippen molar-refractivity contribution in [1.82, 2.24) is 19.6 Å². The predicted octanol–water partition coefficient (Wildman–Crippen LogP) is 5.95. The third kappa shape index (κ3) is 3.10. The van der Waals surface area contributed by atoms with Crippen LogP contribution in [0.5, 0.6) is 11.6 Å². The van der Waals surface area contributed by atoms with E-state index in [1.165, 1.54) is 0 Å². The van der Waals surface area contributed by atoms with Gasteiger partial charge in [0.2, 0.25) is 5.88 Å². The standard InChI is InChI=1S/C27H15BrN4O3/c28-17-10-6-9-16(13-17)20-21-23(18-11-4-5-12-19(18)34-27(21)33)35-26-22(20)25-30-24(31-32(25)14-29-26)15-7-2-1-3-8-15/h1-14,20H. The number of hydrogen-bond donors (Lipinski definition) is 0. The molecule has 7 rings (SSSR count). The van der Waals surface area contributed by atoms with Gasteiger partial charge >= 0.3 is 5.63 Å². The number of nitrogens with zero attached hydrogens (tertiary/aromatic N) is 4. The summed E-state index contributed by atoms with van der Waals surface area (Å²) >= 11 is 3.57. The normalized spacial score (nSPS) is 14.5. The average molecular weight is 523 g/mol. The maximum absolute atomic E-state index is 13.4. The molecule has 1 atom stereocenters. The molecule has 0 amide bonds. The van der Waals surface area contributed by atoms with E-state index in [0.717, 1.165) is 15.6 Å². The molecule has 7 nitrogen and oxygen atoms in total. The highest BCUT2D eigenvalue weighted by atomic mass is 79.9. The number of para-hydroxylation sites is 1. The third-order valence-corrected chi connectivity index (χ3v) is 6.67. The lowest BCUT2D eigenvalue weighted by atomic mass is 9.84. The van der Waals surface area contributed by atoms with Crippen LogP contribution in [-0.4, -0.2) is 19.6 Å². The molecule has 0 bridgehead atoms. The molecular formula is C27H15BrN4O3. The van der Waals surface area contributed by atoms with Crippen LogP contribution in [0.2, 0.25) is 0 Å². The van der Waals surface area contributed by atoms with Gasteiger partial charge in [-0.2, -0.15) is 0 Å². The minimum Gasteiger partial charge on any atom is -0.437 e. The van der Waals surface area contributed by atoms with Crippen LogP contribution in [-0.2, 0) is 0 Å². The zero-order valence-corrected chi connectivity index (χ0v) is 19.6. The van der Waals surface area contributed by atoms with Crippen molar-refractivity contribution in [2.45, 2.75) is 5.92 Å². The van der Waals surface area contributed by atoms with E-state index in [9.17, 15) is 4.79 Å². The van der Waals surface area contributed by atoms with Crippen LogP contribution >= 0.6 is 15.9 Å². The van der Waals surface area contributed by atoms with Crippen LogP contribution in [0.3, 0.4) is 0 Å². The summed E-state index contributed by atoms with van der Waals surface area (Å²) in [5.74, 6) is 0.882. The first-order valence-electron chi connectivity index (χ1n) is 11.0. The summed E-state index contributed by atoms with van der Waals surface area (Å²) in [4.78, 5) is 22.8. The van der Waals surface area contributed by atoms with Gasteiger partial charge in [-0.15, -0.1) is 5.10 Å². The molecule has 0 radical (unpaired) electrons. The van der Waals surface area contributed by atoms with Gasteiger partial charge in [-0.05, 0) is 29.8 Å². The van der Waals surface area contributed by atoms with Crippen LogP contribution < -0.4 is 10.4 Å². The van der Waals surface area contributed by atoms with E-state index in [2.05, 4.69) is 26.0 Å². The first-order valence-corrected chi connectivity index (χ1v) is 11.8. The minimum absolute atomic E-state index is 0.387. The van der Waals surface area contributed by atoms with Crippen LogP contribution in [0.25, 0.3) is 28.0 Å². The van der Waals surface area contributed by atoms with Crippen LogP contribution in [0.4, 0.5) is 0 Å². The monoisotopic (exact) mass is 522 g/mol. The van der Waals surface area contributed by atoms with Crippen molar-refractivity contribution < 1.29 is 9.15 Å². The molecule has 0 spiro atoms. The van der Waals surface area contributed by atoms with Crippen molar-refractivity contribution in [2.24, 2.45) is 0 Å². The second-order valence-corrected chi connectivity index (χ2v) is 9.17. The summed E-state index contributed by atoms with van der Waals surface area (Å²) in [5, 5.41) is 5.35. The first-order chi connectivity index (χ1) is 17.2. The number of rotatable bonds is 2. The first kappa shape index (κ1) is 20.1. The fourth-order valence-electron chi connectivity index (χ4n) is 4.66. The molecule has 0 saturated heterocycles. The highest BCUT2D eigenvalue weighted by Crippen LogP contribution is 2.49. The number of halogens is 1. The van der Waals surface area contributed by atoms with Crippen molar-refractivity contribution in [3.05, 3.63) is 117 Å². The Morgan fingerprint density at radius 2 is 1.74 bits per heavy atom. The molecule has 4 heterocycles. The second kappa shape index (κ2) is 7.61. The van der Waals surface area contributed by atoms with Gasteiger partial charge in [-0.1, -0.05) is 70.5 Å². The predicted molar refractivity (Wildman–Crippen MR) is 134 cm³/mol. The van der Waals surface area contributed by atoms with Crippen LogP contribution in [0.1, 0.15) is 22.6 Å². The molecule has 0 N–H and O–H groups in total. The Hall–Kier alpha value is -4.30. The molecule has 0 aliphatic carbocycles. The zero-order valence-electron chi connectivity index (χ0n) is 18.1. The van der Waals surface area contributed by atoms with Crippen LogP contribution in [0.15, 0.2) is 98.9 Å². The highest BCUT2D eigenvalue weighted by Gasteiger charge is 2.37. The number of fused-ring (bicyclic) bond motifs is 6. The molecule has 1 aliphatic rings. The molecule has 8 heteroatoms. The number of benzene rings is 3. The molecule has 3 aromatic carbocycles. The maximum Gasteiger partial charge on any atom is 0.344 e. The van der Waals surface area contributed by atoms with Gasteiger partial charge < -0.3 is 9.15 Å². The Labute approximate surface area is 206 Å². The fraction of sp³-hybridized carbons (Fsp3) is 0.0370. The van der Waals surface area contributed by atoms with E-state index < -0.39 is 11.5 Å². The second-order valence-electron chi connectivity index (χ2n) is 8.25. The van der Waals surface area contributed by atoms with E-state index in [-0.39, 0.29) is 0 Å². The molecule has 0 saturated carbocycles. The topological polar surface area (TPSA) is 82.5 Å². The SMILES string of the molecule is O=c1oc2ccccc2c2c1C(c1cccc(Br)c1)c1c(ncn3nc(-c4ccccc4)nc13)O2. The number of aromatic nitrogens is 4. The van der Waals surface area contributed by atoms with Gasteiger partial charge in [-0.25, -0.2) is 19.3 Å². The number of ether oxygens (including phenoxy) is 1. The Balaban J connectivity index is 1.57. The average Bonchev–Trinajstić information content (AvgIpc) is 3.33. The van der Waals surface area contributed by atoms with Crippen molar-refractivity contribution >= 4 is 32.5 Å². The van der Waals surface area contributed by atoms with Gasteiger partial charge in [0.15, 0.2) is 17.2 Å². The zero-order chi connectivity index (χ0) is 23.5. The Kier molecular flexibility index (Phi) is 4.37. The fourth-order valence-corrected chi connectivity index (χ4v) is 5.08.